The van der Waals surface area contributed by atoms with Crippen LogP contribution in [0.15, 0.2) is 11.4 Å². The van der Waals surface area contributed by atoms with Crippen LogP contribution in [0.2, 0.25) is 0 Å². The summed E-state index contributed by atoms with van der Waals surface area (Å²) in [5.41, 5.74) is 6.80. The van der Waals surface area contributed by atoms with Gasteiger partial charge in [-0.25, -0.2) is 0 Å². The van der Waals surface area contributed by atoms with Gasteiger partial charge in [-0.15, -0.1) is 11.3 Å². The summed E-state index contributed by atoms with van der Waals surface area (Å²) in [6.07, 6.45) is 1.01. The molecule has 0 aliphatic heterocycles. The van der Waals surface area contributed by atoms with Crippen molar-refractivity contribution < 1.29 is 5.11 Å². The zero-order valence-corrected chi connectivity index (χ0v) is 8.05. The van der Waals surface area contributed by atoms with Crippen molar-refractivity contribution in [1.29, 1.82) is 5.26 Å². The largest absolute Gasteiger partial charge is 0.396 e. The molecule has 0 spiro atoms. The van der Waals surface area contributed by atoms with E-state index >= 15 is 0 Å². The number of rotatable bonds is 4. The number of hydrogen-bond acceptors (Lipinski definition) is 4. The van der Waals surface area contributed by atoms with Crippen molar-refractivity contribution in [1.82, 2.24) is 0 Å². The van der Waals surface area contributed by atoms with Gasteiger partial charge in [-0.3, -0.25) is 0 Å². The Hall–Kier alpha value is -0.890. The number of aliphatic hydroxyl groups is 1. The van der Waals surface area contributed by atoms with Crippen LogP contribution in [0.5, 0.6) is 0 Å². The molecule has 70 valence electrons. The number of nitrogens with two attached hydrogens (primary N) is 1. The Labute approximate surface area is 81.4 Å². The molecule has 1 atom stereocenters. The molecule has 4 heteroatoms. The number of thiophene rings is 1. The van der Waals surface area contributed by atoms with Gasteiger partial charge in [0.05, 0.1) is 12.5 Å². The Bertz CT molecular complexity index is 303. The van der Waals surface area contributed by atoms with Gasteiger partial charge in [0.25, 0.3) is 0 Å². The van der Waals surface area contributed by atoms with E-state index in [1.54, 1.807) is 11.3 Å². The van der Waals surface area contributed by atoms with Crippen LogP contribution in [0.25, 0.3) is 0 Å². The van der Waals surface area contributed by atoms with E-state index in [0.717, 1.165) is 10.4 Å². The Balaban J connectivity index is 2.63. The third-order valence-electron chi connectivity index (χ3n) is 1.80. The van der Waals surface area contributed by atoms with Crippen LogP contribution >= 0.6 is 11.3 Å². The molecule has 0 radical (unpaired) electrons. The molecule has 0 amide bonds. The lowest BCUT2D eigenvalue weighted by Gasteiger charge is -2.05. The van der Waals surface area contributed by atoms with E-state index in [9.17, 15) is 0 Å². The minimum atomic E-state index is -0.103. The molecular formula is C9H12N2OS. The molecule has 0 fully saturated rings. The van der Waals surface area contributed by atoms with Gasteiger partial charge < -0.3 is 10.8 Å². The molecule has 0 bridgehead atoms. The van der Waals surface area contributed by atoms with E-state index in [0.29, 0.717) is 12.8 Å². The third kappa shape index (κ3) is 2.81. The van der Waals surface area contributed by atoms with Crippen molar-refractivity contribution in [2.75, 3.05) is 6.61 Å². The maximum atomic E-state index is 8.68. The first kappa shape index (κ1) is 10.2. The normalized spacial score (nSPS) is 12.4. The maximum Gasteiger partial charge on any atom is 0.0695 e. The number of aliphatic hydroxyl groups excluding tert-OH is 1. The molecule has 13 heavy (non-hydrogen) atoms. The first-order chi connectivity index (χ1) is 6.27. The summed E-state index contributed by atoms with van der Waals surface area (Å²) >= 11 is 1.54. The number of hydrogen-bond donors (Lipinski definition) is 2. The van der Waals surface area contributed by atoms with Crippen LogP contribution in [0.4, 0.5) is 0 Å². The van der Waals surface area contributed by atoms with Gasteiger partial charge in [0.1, 0.15) is 0 Å². The van der Waals surface area contributed by atoms with Gasteiger partial charge in [-0.2, -0.15) is 5.26 Å². The van der Waals surface area contributed by atoms with Crippen molar-refractivity contribution in [2.24, 2.45) is 5.73 Å². The highest BCUT2D eigenvalue weighted by Crippen LogP contribution is 2.21. The van der Waals surface area contributed by atoms with Crippen LogP contribution in [0, 0.1) is 11.3 Å². The molecule has 0 aromatic carbocycles. The van der Waals surface area contributed by atoms with Crippen molar-refractivity contribution in [3.63, 3.8) is 0 Å². The molecule has 0 saturated heterocycles. The van der Waals surface area contributed by atoms with E-state index in [1.165, 1.54) is 0 Å². The summed E-state index contributed by atoms with van der Waals surface area (Å²) in [5.74, 6) is 0. The van der Waals surface area contributed by atoms with E-state index in [2.05, 4.69) is 6.07 Å². The molecule has 3 N–H and O–H groups in total. The highest BCUT2D eigenvalue weighted by atomic mass is 32.1. The van der Waals surface area contributed by atoms with Gasteiger partial charge in [0.2, 0.25) is 0 Å². The predicted octanol–water partition coefficient (Wildman–Crippen LogP) is 1.20. The summed E-state index contributed by atoms with van der Waals surface area (Å²) in [6, 6.07) is 3.92. The van der Waals surface area contributed by atoms with Crippen LogP contribution in [-0.2, 0) is 6.42 Å². The van der Waals surface area contributed by atoms with Crippen LogP contribution in [0.1, 0.15) is 22.9 Å². The molecule has 0 aliphatic carbocycles. The summed E-state index contributed by atoms with van der Waals surface area (Å²) in [4.78, 5) is 1.03. The quantitative estimate of drug-likeness (QED) is 0.760. The van der Waals surface area contributed by atoms with Gasteiger partial charge in [0.15, 0.2) is 0 Å². The first-order valence-corrected chi connectivity index (χ1v) is 4.96. The van der Waals surface area contributed by atoms with Crippen LogP contribution < -0.4 is 5.73 Å². The third-order valence-corrected chi connectivity index (χ3v) is 2.75. The van der Waals surface area contributed by atoms with Crippen molar-refractivity contribution in [2.45, 2.75) is 18.9 Å². The monoisotopic (exact) mass is 196 g/mol. The molecule has 1 heterocycles. The van der Waals surface area contributed by atoms with E-state index in [4.69, 9.17) is 16.1 Å². The lowest BCUT2D eigenvalue weighted by atomic mass is 10.1. The molecule has 0 saturated carbocycles. The van der Waals surface area contributed by atoms with Crippen molar-refractivity contribution in [3.8, 4) is 6.07 Å². The smallest absolute Gasteiger partial charge is 0.0695 e. The van der Waals surface area contributed by atoms with Gasteiger partial charge in [0, 0.05) is 17.5 Å². The zero-order valence-electron chi connectivity index (χ0n) is 7.23. The first-order valence-electron chi connectivity index (χ1n) is 4.08. The zero-order chi connectivity index (χ0) is 9.68. The number of nitriles is 1. The fraction of sp³-hybridized carbons (Fsp3) is 0.444. The van der Waals surface area contributed by atoms with Crippen LogP contribution in [0.3, 0.4) is 0 Å². The second kappa shape index (κ2) is 4.97. The molecule has 1 rings (SSSR count). The lowest BCUT2D eigenvalue weighted by molar-refractivity contribution is 0.276. The van der Waals surface area contributed by atoms with E-state index < -0.39 is 0 Å². The van der Waals surface area contributed by atoms with Crippen molar-refractivity contribution >= 4 is 11.3 Å². The Kier molecular flexibility index (Phi) is 3.90. The summed E-state index contributed by atoms with van der Waals surface area (Å²) in [6.45, 7) is 0.102. The maximum absolute atomic E-state index is 8.68. The Morgan fingerprint density at radius 2 is 2.46 bits per heavy atom. The fourth-order valence-electron chi connectivity index (χ4n) is 1.07. The molecule has 1 aromatic heterocycles. The summed E-state index contributed by atoms with van der Waals surface area (Å²) < 4.78 is 0. The molecule has 3 nitrogen and oxygen atoms in total. The second-order valence-electron chi connectivity index (χ2n) is 2.80. The number of nitrogens with zero attached hydrogens (tertiary/aromatic N) is 1. The topological polar surface area (TPSA) is 70.0 Å². The highest BCUT2D eigenvalue weighted by Gasteiger charge is 2.07. The molecule has 1 aromatic rings. The summed E-state index contributed by atoms with van der Waals surface area (Å²) in [7, 11) is 0. The molecular weight excluding hydrogens is 184 g/mol. The van der Waals surface area contributed by atoms with Gasteiger partial charge in [-0.1, -0.05) is 0 Å². The minimum Gasteiger partial charge on any atom is -0.396 e. The van der Waals surface area contributed by atoms with Gasteiger partial charge in [-0.05, 0) is 23.4 Å². The second-order valence-corrected chi connectivity index (χ2v) is 3.80. The average molecular weight is 196 g/mol. The standard InChI is InChI=1S/C9H12N2OS/c10-3-1-8-5-7(6-13-8)9(11)2-4-12/h5-6,9,12H,1-2,4,11H2/t9-/m0/s1. The Morgan fingerprint density at radius 1 is 1.69 bits per heavy atom. The average Bonchev–Trinajstić information content (AvgIpc) is 2.54. The highest BCUT2D eigenvalue weighted by molar-refractivity contribution is 7.10. The van der Waals surface area contributed by atoms with Crippen LogP contribution in [-0.4, -0.2) is 11.7 Å². The minimum absolute atomic E-state index is 0.102. The molecule has 0 unspecified atom stereocenters. The summed E-state index contributed by atoms with van der Waals surface area (Å²) in [5, 5.41) is 19.1. The fourth-order valence-corrected chi connectivity index (χ4v) is 1.95. The van der Waals surface area contributed by atoms with Gasteiger partial charge >= 0.3 is 0 Å². The van der Waals surface area contributed by atoms with E-state index in [1.807, 2.05) is 11.4 Å². The Morgan fingerprint density at radius 3 is 3.08 bits per heavy atom. The molecule has 0 aliphatic rings. The van der Waals surface area contributed by atoms with E-state index in [-0.39, 0.29) is 12.6 Å². The van der Waals surface area contributed by atoms with Crippen molar-refractivity contribution in [3.05, 3.63) is 21.9 Å². The SMILES string of the molecule is N#CCc1cc([C@@H](N)CCO)cs1. The lowest BCUT2D eigenvalue weighted by Crippen LogP contribution is -2.10. The predicted molar refractivity (Wildman–Crippen MR) is 52.3 cm³/mol.